The molecule has 0 radical (unpaired) electrons. The highest BCUT2D eigenvalue weighted by Gasteiger charge is 2.38. The van der Waals surface area contributed by atoms with Gasteiger partial charge in [-0.25, -0.2) is 0 Å². The molecule has 5 nitrogen and oxygen atoms in total. The van der Waals surface area contributed by atoms with Crippen molar-refractivity contribution in [2.45, 2.75) is 46.1 Å². The largest absolute Gasteiger partial charge is 0.481 e. The zero-order valence-corrected chi connectivity index (χ0v) is 8.90. The number of carbonyl (C=O) groups is 1. The molecule has 0 aromatic rings. The lowest BCUT2D eigenvalue weighted by molar-refractivity contribution is -0.142. The van der Waals surface area contributed by atoms with Crippen LogP contribution in [0.2, 0.25) is 0 Å². The summed E-state index contributed by atoms with van der Waals surface area (Å²) >= 11 is 0. The van der Waals surface area contributed by atoms with E-state index in [9.17, 15) is 4.79 Å². The van der Waals surface area contributed by atoms with Gasteiger partial charge in [-0.15, -0.1) is 0 Å². The van der Waals surface area contributed by atoms with Gasteiger partial charge < -0.3 is 5.11 Å². The molecule has 1 atom stereocenters. The second-order valence-electron chi connectivity index (χ2n) is 3.37. The predicted octanol–water partition coefficient (Wildman–Crippen LogP) is 2.97. The monoisotopic (exact) mass is 199 g/mol. The van der Waals surface area contributed by atoms with Gasteiger partial charge in [0.2, 0.25) is 0 Å². The Bertz CT molecular complexity index is 232. The summed E-state index contributed by atoms with van der Waals surface area (Å²) in [6.07, 6.45) is 2.11. The van der Waals surface area contributed by atoms with E-state index in [-0.39, 0.29) is 0 Å². The molecule has 0 aliphatic heterocycles. The van der Waals surface area contributed by atoms with Gasteiger partial charge in [-0.05, 0) is 30.2 Å². The van der Waals surface area contributed by atoms with Crippen molar-refractivity contribution >= 4 is 5.97 Å². The molecule has 80 valence electrons. The molecule has 1 N–H and O–H groups in total. The molecule has 5 heteroatoms. The molecule has 0 spiro atoms. The minimum absolute atomic E-state index is 0.405. The lowest BCUT2D eigenvalue weighted by Gasteiger charge is -2.33. The first-order chi connectivity index (χ1) is 6.57. The zero-order valence-electron chi connectivity index (χ0n) is 8.90. The van der Waals surface area contributed by atoms with Crippen LogP contribution in [0.1, 0.15) is 40.0 Å². The summed E-state index contributed by atoms with van der Waals surface area (Å²) in [7, 11) is 0. The fraction of sp³-hybridized carbons (Fsp3) is 0.889. The van der Waals surface area contributed by atoms with Gasteiger partial charge in [0.05, 0.1) is 0 Å². The smallest absolute Gasteiger partial charge is 0.313 e. The Morgan fingerprint density at radius 2 is 1.86 bits per heavy atom. The summed E-state index contributed by atoms with van der Waals surface area (Å²) in [5, 5.41) is 12.4. The predicted molar refractivity (Wildman–Crippen MR) is 53.9 cm³/mol. The molecule has 0 aliphatic rings. The van der Waals surface area contributed by atoms with E-state index in [1.54, 1.807) is 0 Å². The van der Waals surface area contributed by atoms with Crippen LogP contribution in [0.15, 0.2) is 5.11 Å². The summed E-state index contributed by atoms with van der Waals surface area (Å²) in [4.78, 5) is 13.6. The Kier molecular flexibility index (Phi) is 5.02. The Morgan fingerprint density at radius 3 is 2.07 bits per heavy atom. The molecule has 0 saturated heterocycles. The normalized spacial score (nSPS) is 13.1. The number of nitrogens with zero attached hydrogens (tertiary/aromatic N) is 3. The third-order valence-corrected chi connectivity index (χ3v) is 3.09. The minimum Gasteiger partial charge on any atom is -0.481 e. The van der Waals surface area contributed by atoms with Crippen LogP contribution in [0.4, 0.5) is 0 Å². The second-order valence-corrected chi connectivity index (χ2v) is 3.37. The van der Waals surface area contributed by atoms with Crippen molar-refractivity contribution in [1.82, 2.24) is 0 Å². The fourth-order valence-corrected chi connectivity index (χ4v) is 1.82. The molecule has 0 aromatic carbocycles. The SMILES string of the molecule is CCC(CC)(CC)C(N=[N+]=[N-])C(=O)O. The van der Waals surface area contributed by atoms with Crippen LogP contribution >= 0.6 is 0 Å². The van der Waals surface area contributed by atoms with Crippen molar-refractivity contribution in [1.29, 1.82) is 0 Å². The lowest BCUT2D eigenvalue weighted by atomic mass is 9.73. The van der Waals surface area contributed by atoms with Gasteiger partial charge in [0.25, 0.3) is 0 Å². The van der Waals surface area contributed by atoms with E-state index in [1.165, 1.54) is 0 Å². The summed E-state index contributed by atoms with van der Waals surface area (Å²) < 4.78 is 0. The number of carboxylic acids is 1. The topological polar surface area (TPSA) is 86.1 Å². The summed E-state index contributed by atoms with van der Waals surface area (Å²) in [5.41, 5.74) is 7.93. The molecule has 0 aliphatic carbocycles. The van der Waals surface area contributed by atoms with E-state index in [4.69, 9.17) is 10.6 Å². The van der Waals surface area contributed by atoms with Crippen LogP contribution in [0.3, 0.4) is 0 Å². The van der Waals surface area contributed by atoms with Gasteiger partial charge in [-0.3, -0.25) is 4.79 Å². The summed E-state index contributed by atoms with van der Waals surface area (Å²) in [5.74, 6) is -1.03. The molecule has 0 fully saturated rings. The maximum atomic E-state index is 10.9. The van der Waals surface area contributed by atoms with Crippen molar-refractivity contribution in [2.75, 3.05) is 0 Å². The van der Waals surface area contributed by atoms with Crippen LogP contribution < -0.4 is 0 Å². The van der Waals surface area contributed by atoms with E-state index < -0.39 is 17.4 Å². The Morgan fingerprint density at radius 1 is 1.43 bits per heavy atom. The molecular weight excluding hydrogens is 182 g/mol. The van der Waals surface area contributed by atoms with Crippen LogP contribution in [-0.2, 0) is 4.79 Å². The van der Waals surface area contributed by atoms with Crippen LogP contribution in [-0.4, -0.2) is 17.1 Å². The summed E-state index contributed by atoms with van der Waals surface area (Å²) in [6, 6.07) is -0.951. The third kappa shape index (κ3) is 2.39. The van der Waals surface area contributed by atoms with Gasteiger partial charge in [0, 0.05) is 4.91 Å². The van der Waals surface area contributed by atoms with Crippen LogP contribution in [0.25, 0.3) is 10.4 Å². The van der Waals surface area contributed by atoms with E-state index in [0.29, 0.717) is 19.3 Å². The zero-order chi connectivity index (χ0) is 11.2. The Balaban J connectivity index is 5.09. The average molecular weight is 199 g/mol. The highest BCUT2D eigenvalue weighted by molar-refractivity contribution is 5.74. The molecule has 0 aromatic heterocycles. The summed E-state index contributed by atoms with van der Waals surface area (Å²) in [6.45, 7) is 5.78. The van der Waals surface area contributed by atoms with Gasteiger partial charge >= 0.3 is 5.97 Å². The first-order valence-electron chi connectivity index (χ1n) is 4.85. The number of rotatable bonds is 6. The highest BCUT2D eigenvalue weighted by atomic mass is 16.4. The van der Waals surface area contributed by atoms with Gasteiger partial charge in [0.15, 0.2) is 0 Å². The quantitative estimate of drug-likeness (QED) is 0.405. The van der Waals surface area contributed by atoms with E-state index in [0.717, 1.165) is 0 Å². The molecule has 0 heterocycles. The standard InChI is InChI=1S/C9H17N3O2/c1-4-9(5-2,6-3)7(8(13)14)11-12-10/h7H,4-6H2,1-3H3,(H,13,14). The lowest BCUT2D eigenvalue weighted by Crippen LogP contribution is -2.38. The molecular formula is C9H17N3O2. The maximum absolute atomic E-state index is 10.9. The first kappa shape index (κ1) is 12.8. The molecule has 0 saturated carbocycles. The fourth-order valence-electron chi connectivity index (χ4n) is 1.82. The third-order valence-electron chi connectivity index (χ3n) is 3.09. The van der Waals surface area contributed by atoms with Crippen LogP contribution in [0, 0.1) is 5.41 Å². The molecule has 14 heavy (non-hydrogen) atoms. The first-order valence-corrected chi connectivity index (χ1v) is 4.85. The van der Waals surface area contributed by atoms with Crippen molar-refractivity contribution < 1.29 is 9.90 Å². The van der Waals surface area contributed by atoms with Gasteiger partial charge in [0.1, 0.15) is 6.04 Å². The van der Waals surface area contributed by atoms with Crippen molar-refractivity contribution in [2.24, 2.45) is 10.5 Å². The molecule has 0 amide bonds. The highest BCUT2D eigenvalue weighted by Crippen LogP contribution is 2.36. The Hall–Kier alpha value is -1.22. The maximum Gasteiger partial charge on any atom is 0.313 e. The van der Waals surface area contributed by atoms with E-state index >= 15 is 0 Å². The van der Waals surface area contributed by atoms with Crippen LogP contribution in [0.5, 0.6) is 0 Å². The number of hydrogen-bond donors (Lipinski definition) is 1. The molecule has 0 bridgehead atoms. The van der Waals surface area contributed by atoms with Crippen molar-refractivity contribution in [3.63, 3.8) is 0 Å². The molecule has 0 rings (SSSR count). The van der Waals surface area contributed by atoms with Crippen molar-refractivity contribution in [3.8, 4) is 0 Å². The van der Waals surface area contributed by atoms with E-state index in [2.05, 4.69) is 10.0 Å². The van der Waals surface area contributed by atoms with Gasteiger partial charge in [-0.2, -0.15) is 0 Å². The number of aliphatic carboxylic acids is 1. The minimum atomic E-state index is -1.03. The average Bonchev–Trinajstić information content (AvgIpc) is 2.19. The number of carboxylic acid groups (broad SMARTS) is 1. The van der Waals surface area contributed by atoms with Crippen molar-refractivity contribution in [3.05, 3.63) is 10.4 Å². The van der Waals surface area contributed by atoms with Gasteiger partial charge in [-0.1, -0.05) is 25.9 Å². The Labute approximate surface area is 83.7 Å². The second kappa shape index (κ2) is 5.50. The van der Waals surface area contributed by atoms with E-state index in [1.807, 2.05) is 20.8 Å². The number of hydrogen-bond acceptors (Lipinski definition) is 2. The number of azide groups is 1. The molecule has 1 unspecified atom stereocenters.